The van der Waals surface area contributed by atoms with E-state index in [0.29, 0.717) is 6.61 Å². The molecule has 1 aliphatic rings. The standard InChI is InChI=1S/C16H25NO3S/c1-3-20-15-8-4-6-13(10-15)12-17-14-7-5-9-16(11-14)21(2,18)19/h4,6,8,10,14,16-17H,3,5,7,9,11-12H2,1-2H3. The second-order valence-corrected chi connectivity index (χ2v) is 8.10. The summed E-state index contributed by atoms with van der Waals surface area (Å²) in [6.45, 7) is 3.38. The summed E-state index contributed by atoms with van der Waals surface area (Å²) in [5.41, 5.74) is 1.17. The van der Waals surface area contributed by atoms with Gasteiger partial charge in [0.15, 0.2) is 0 Å². The zero-order valence-corrected chi connectivity index (χ0v) is 13.7. The molecule has 1 saturated carbocycles. The molecular weight excluding hydrogens is 286 g/mol. The molecule has 1 aliphatic carbocycles. The zero-order valence-electron chi connectivity index (χ0n) is 12.8. The van der Waals surface area contributed by atoms with Gasteiger partial charge < -0.3 is 10.1 Å². The van der Waals surface area contributed by atoms with Gasteiger partial charge in [-0.15, -0.1) is 0 Å². The van der Waals surface area contributed by atoms with Crippen LogP contribution in [0, 0.1) is 0 Å². The third-order valence-electron chi connectivity index (χ3n) is 4.04. The summed E-state index contributed by atoms with van der Waals surface area (Å²) in [6.07, 6.45) is 4.91. The number of rotatable bonds is 6. The molecule has 0 amide bonds. The van der Waals surface area contributed by atoms with E-state index >= 15 is 0 Å². The summed E-state index contributed by atoms with van der Waals surface area (Å²) in [7, 11) is -2.92. The Morgan fingerprint density at radius 2 is 2.14 bits per heavy atom. The Kier molecular flexibility index (Phi) is 5.65. The van der Waals surface area contributed by atoms with Crippen LogP contribution in [-0.2, 0) is 16.4 Å². The molecule has 0 heterocycles. The number of ether oxygens (including phenoxy) is 1. The summed E-state index contributed by atoms with van der Waals surface area (Å²) in [4.78, 5) is 0. The molecule has 1 N–H and O–H groups in total. The van der Waals surface area contributed by atoms with Crippen molar-refractivity contribution >= 4 is 9.84 Å². The number of nitrogens with one attached hydrogen (secondary N) is 1. The maximum atomic E-state index is 11.7. The van der Waals surface area contributed by atoms with E-state index in [1.54, 1.807) is 0 Å². The van der Waals surface area contributed by atoms with Crippen molar-refractivity contribution in [3.8, 4) is 5.75 Å². The van der Waals surface area contributed by atoms with E-state index in [2.05, 4.69) is 11.4 Å². The van der Waals surface area contributed by atoms with E-state index < -0.39 is 9.84 Å². The third-order valence-corrected chi connectivity index (χ3v) is 5.68. The number of benzene rings is 1. The van der Waals surface area contributed by atoms with Crippen LogP contribution in [0.25, 0.3) is 0 Å². The lowest BCUT2D eigenvalue weighted by atomic mass is 9.95. The van der Waals surface area contributed by atoms with Crippen molar-refractivity contribution in [1.29, 1.82) is 0 Å². The molecule has 5 heteroatoms. The SMILES string of the molecule is CCOc1cccc(CNC2CCCC(S(C)(=O)=O)C2)c1. The minimum atomic E-state index is -2.92. The lowest BCUT2D eigenvalue weighted by molar-refractivity contribution is 0.339. The van der Waals surface area contributed by atoms with Crippen LogP contribution in [0.15, 0.2) is 24.3 Å². The van der Waals surface area contributed by atoms with Gasteiger partial charge >= 0.3 is 0 Å². The molecule has 0 bridgehead atoms. The average Bonchev–Trinajstić information content (AvgIpc) is 2.45. The zero-order chi connectivity index (χ0) is 15.3. The average molecular weight is 311 g/mol. The summed E-state index contributed by atoms with van der Waals surface area (Å²) >= 11 is 0. The van der Waals surface area contributed by atoms with Gasteiger partial charge in [-0.1, -0.05) is 18.6 Å². The van der Waals surface area contributed by atoms with Crippen LogP contribution < -0.4 is 10.1 Å². The molecule has 0 aliphatic heterocycles. The molecule has 21 heavy (non-hydrogen) atoms. The van der Waals surface area contributed by atoms with E-state index in [4.69, 9.17) is 4.74 Å². The van der Waals surface area contributed by atoms with Gasteiger partial charge in [-0.25, -0.2) is 8.42 Å². The highest BCUT2D eigenvalue weighted by Gasteiger charge is 2.28. The molecule has 1 aromatic carbocycles. The molecule has 1 aromatic rings. The van der Waals surface area contributed by atoms with E-state index in [9.17, 15) is 8.42 Å². The molecule has 0 spiro atoms. The number of sulfone groups is 1. The monoisotopic (exact) mass is 311 g/mol. The first kappa shape index (κ1) is 16.3. The van der Waals surface area contributed by atoms with Crippen LogP contribution in [0.1, 0.15) is 38.2 Å². The quantitative estimate of drug-likeness (QED) is 0.877. The first-order valence-electron chi connectivity index (χ1n) is 7.63. The smallest absolute Gasteiger partial charge is 0.150 e. The van der Waals surface area contributed by atoms with Crippen LogP contribution in [0.5, 0.6) is 5.75 Å². The van der Waals surface area contributed by atoms with E-state index in [-0.39, 0.29) is 11.3 Å². The van der Waals surface area contributed by atoms with Crippen molar-refractivity contribution in [2.45, 2.75) is 50.4 Å². The maximum Gasteiger partial charge on any atom is 0.150 e. The maximum absolute atomic E-state index is 11.7. The van der Waals surface area contributed by atoms with Crippen LogP contribution >= 0.6 is 0 Å². The molecule has 2 rings (SSSR count). The van der Waals surface area contributed by atoms with Crippen molar-refractivity contribution in [1.82, 2.24) is 5.32 Å². The Bertz CT molecular complexity index is 556. The minimum Gasteiger partial charge on any atom is -0.494 e. The molecular formula is C16H25NO3S. The predicted octanol–water partition coefficient (Wildman–Crippen LogP) is 2.53. The molecule has 4 nitrogen and oxygen atoms in total. The second-order valence-electron chi connectivity index (χ2n) is 5.78. The normalized spacial score (nSPS) is 23.0. The summed E-state index contributed by atoms with van der Waals surface area (Å²) in [6, 6.07) is 8.32. The molecule has 2 atom stereocenters. The van der Waals surface area contributed by atoms with Gasteiger partial charge in [0.1, 0.15) is 15.6 Å². The van der Waals surface area contributed by atoms with Crippen molar-refractivity contribution < 1.29 is 13.2 Å². The first-order chi connectivity index (χ1) is 9.99. The van der Waals surface area contributed by atoms with Gasteiger partial charge in [0, 0.05) is 18.8 Å². The van der Waals surface area contributed by atoms with Crippen LogP contribution in [0.4, 0.5) is 0 Å². The largest absolute Gasteiger partial charge is 0.494 e. The van der Waals surface area contributed by atoms with Crippen molar-refractivity contribution in [3.63, 3.8) is 0 Å². The lowest BCUT2D eigenvalue weighted by Crippen LogP contribution is -2.38. The molecule has 0 aromatic heterocycles. The fourth-order valence-corrected chi connectivity index (χ4v) is 4.07. The fraction of sp³-hybridized carbons (Fsp3) is 0.625. The topological polar surface area (TPSA) is 55.4 Å². The summed E-state index contributed by atoms with van der Waals surface area (Å²) in [5, 5.41) is 3.31. The Labute approximate surface area is 127 Å². The summed E-state index contributed by atoms with van der Waals surface area (Å²) in [5.74, 6) is 0.884. The van der Waals surface area contributed by atoms with Gasteiger partial charge in [-0.2, -0.15) is 0 Å². The predicted molar refractivity (Wildman–Crippen MR) is 85.3 cm³/mol. The highest BCUT2D eigenvalue weighted by molar-refractivity contribution is 7.91. The molecule has 0 saturated heterocycles. The molecule has 1 fully saturated rings. The van der Waals surface area contributed by atoms with Gasteiger partial charge in [0.05, 0.1) is 11.9 Å². The van der Waals surface area contributed by atoms with Gasteiger partial charge in [-0.3, -0.25) is 0 Å². The van der Waals surface area contributed by atoms with Gasteiger partial charge in [0.2, 0.25) is 0 Å². The Morgan fingerprint density at radius 1 is 1.33 bits per heavy atom. The summed E-state index contributed by atoms with van der Waals surface area (Å²) < 4.78 is 28.8. The van der Waals surface area contributed by atoms with Gasteiger partial charge in [-0.05, 0) is 43.9 Å². The molecule has 2 unspecified atom stereocenters. The van der Waals surface area contributed by atoms with Gasteiger partial charge in [0.25, 0.3) is 0 Å². The first-order valence-corrected chi connectivity index (χ1v) is 9.58. The van der Waals surface area contributed by atoms with Crippen molar-refractivity contribution in [2.24, 2.45) is 0 Å². The highest BCUT2D eigenvalue weighted by atomic mass is 32.2. The highest BCUT2D eigenvalue weighted by Crippen LogP contribution is 2.24. The Morgan fingerprint density at radius 3 is 2.86 bits per heavy atom. The third kappa shape index (κ3) is 5.00. The number of hydrogen-bond acceptors (Lipinski definition) is 4. The molecule has 0 radical (unpaired) electrons. The Hall–Kier alpha value is -1.07. The van der Waals surface area contributed by atoms with Crippen molar-refractivity contribution in [3.05, 3.63) is 29.8 Å². The Balaban J connectivity index is 1.89. The van der Waals surface area contributed by atoms with E-state index in [1.165, 1.54) is 11.8 Å². The van der Waals surface area contributed by atoms with Crippen LogP contribution in [-0.4, -0.2) is 32.6 Å². The lowest BCUT2D eigenvalue weighted by Gasteiger charge is -2.28. The van der Waals surface area contributed by atoms with E-state index in [0.717, 1.165) is 38.0 Å². The van der Waals surface area contributed by atoms with Crippen molar-refractivity contribution in [2.75, 3.05) is 12.9 Å². The van der Waals surface area contributed by atoms with Crippen LogP contribution in [0.2, 0.25) is 0 Å². The van der Waals surface area contributed by atoms with E-state index in [1.807, 2.05) is 25.1 Å². The minimum absolute atomic E-state index is 0.182. The van der Waals surface area contributed by atoms with Crippen LogP contribution in [0.3, 0.4) is 0 Å². The number of hydrogen-bond donors (Lipinski definition) is 1. The fourth-order valence-electron chi connectivity index (χ4n) is 2.89. The molecule has 118 valence electrons. The second kappa shape index (κ2) is 7.27.